The van der Waals surface area contributed by atoms with Gasteiger partial charge in [-0.2, -0.15) is 9.61 Å². The highest BCUT2D eigenvalue weighted by Gasteiger charge is 2.14. The zero-order valence-corrected chi connectivity index (χ0v) is 16.2. The van der Waals surface area contributed by atoms with E-state index in [0.29, 0.717) is 5.92 Å². The van der Waals surface area contributed by atoms with Gasteiger partial charge >= 0.3 is 0 Å². The number of hydrogen-bond donors (Lipinski definition) is 1. The van der Waals surface area contributed by atoms with E-state index in [2.05, 4.69) is 58.4 Å². The molecule has 0 spiro atoms. The van der Waals surface area contributed by atoms with Gasteiger partial charge in [-0.05, 0) is 35.7 Å². The number of hydrogen-bond acceptors (Lipinski definition) is 3. The van der Waals surface area contributed by atoms with Crippen LogP contribution in [0.25, 0.3) is 16.8 Å². The van der Waals surface area contributed by atoms with Crippen molar-refractivity contribution in [1.82, 2.24) is 14.6 Å². The monoisotopic (exact) mass is 406 g/mol. The Morgan fingerprint density at radius 1 is 1.00 bits per heavy atom. The summed E-state index contributed by atoms with van der Waals surface area (Å²) in [7, 11) is 0. The highest BCUT2D eigenvalue weighted by molar-refractivity contribution is 9.10. The molecule has 0 amide bonds. The van der Waals surface area contributed by atoms with Crippen LogP contribution in [0.2, 0.25) is 0 Å². The Morgan fingerprint density at radius 2 is 1.73 bits per heavy atom. The summed E-state index contributed by atoms with van der Waals surface area (Å²) in [6.45, 7) is 4.31. The smallest absolute Gasteiger partial charge is 0.165 e. The minimum absolute atomic E-state index is 0.323. The molecule has 130 valence electrons. The van der Waals surface area contributed by atoms with E-state index in [-0.39, 0.29) is 0 Å². The molecule has 0 unspecified atom stereocenters. The average Bonchev–Trinajstić information content (AvgIpc) is 3.08. The zero-order valence-electron chi connectivity index (χ0n) is 14.6. The van der Waals surface area contributed by atoms with E-state index >= 15 is 0 Å². The van der Waals surface area contributed by atoms with Gasteiger partial charge in [0.25, 0.3) is 0 Å². The van der Waals surface area contributed by atoms with Crippen LogP contribution < -0.4 is 5.32 Å². The summed E-state index contributed by atoms with van der Waals surface area (Å²) in [6.07, 6.45) is 1.88. The Balaban J connectivity index is 1.86. The van der Waals surface area contributed by atoms with Crippen molar-refractivity contribution in [1.29, 1.82) is 0 Å². The third-order valence-electron chi connectivity index (χ3n) is 4.28. The Bertz CT molecular complexity index is 1040. The van der Waals surface area contributed by atoms with Crippen LogP contribution in [-0.4, -0.2) is 14.6 Å². The first-order valence-corrected chi connectivity index (χ1v) is 9.38. The second kappa shape index (κ2) is 6.92. The molecule has 2 heterocycles. The Labute approximate surface area is 161 Å². The largest absolute Gasteiger partial charge is 0.340 e. The van der Waals surface area contributed by atoms with E-state index in [1.807, 2.05) is 53.2 Å². The summed E-state index contributed by atoms with van der Waals surface area (Å²) in [5.74, 6) is 1.23. The van der Waals surface area contributed by atoms with E-state index in [0.717, 1.165) is 38.4 Å². The fraction of sp³-hybridized carbons (Fsp3) is 0.143. The molecule has 26 heavy (non-hydrogen) atoms. The lowest BCUT2D eigenvalue weighted by molar-refractivity contribution is 0.811. The van der Waals surface area contributed by atoms with Crippen molar-refractivity contribution in [3.05, 3.63) is 77.0 Å². The SMILES string of the molecule is CC(C)c1cc(Nc2ccc(Br)cc2)n2ncc(-c3ccccc3)c2n1. The number of anilines is 2. The molecule has 2 aromatic carbocycles. The highest BCUT2D eigenvalue weighted by atomic mass is 79.9. The van der Waals surface area contributed by atoms with Crippen LogP contribution in [0, 0.1) is 0 Å². The minimum Gasteiger partial charge on any atom is -0.340 e. The summed E-state index contributed by atoms with van der Waals surface area (Å²) < 4.78 is 2.92. The molecule has 1 N–H and O–H groups in total. The van der Waals surface area contributed by atoms with Gasteiger partial charge in [0.1, 0.15) is 5.82 Å². The molecule has 0 fully saturated rings. The van der Waals surface area contributed by atoms with Gasteiger partial charge < -0.3 is 5.32 Å². The van der Waals surface area contributed by atoms with E-state index in [9.17, 15) is 0 Å². The normalized spacial score (nSPS) is 11.2. The molecule has 0 radical (unpaired) electrons. The second-order valence-electron chi connectivity index (χ2n) is 6.51. The van der Waals surface area contributed by atoms with Crippen molar-refractivity contribution in [3.63, 3.8) is 0 Å². The first-order valence-electron chi connectivity index (χ1n) is 8.58. The molecule has 4 rings (SSSR count). The first-order chi connectivity index (χ1) is 12.6. The molecule has 0 bridgehead atoms. The van der Waals surface area contributed by atoms with Crippen LogP contribution in [0.5, 0.6) is 0 Å². The van der Waals surface area contributed by atoms with Gasteiger partial charge in [0.15, 0.2) is 5.65 Å². The standard InChI is InChI=1S/C21H19BrN4/c1-14(2)19-12-20(24-17-10-8-16(22)9-11-17)26-21(25-19)18(13-23-26)15-6-4-3-5-7-15/h3-14,24H,1-2H3. The molecule has 0 saturated heterocycles. The predicted molar refractivity (Wildman–Crippen MR) is 110 cm³/mol. The number of benzene rings is 2. The van der Waals surface area contributed by atoms with E-state index in [4.69, 9.17) is 4.98 Å². The molecule has 0 aliphatic heterocycles. The predicted octanol–water partition coefficient (Wildman–Crippen LogP) is 6.03. The Morgan fingerprint density at radius 3 is 2.42 bits per heavy atom. The summed E-state index contributed by atoms with van der Waals surface area (Å²) >= 11 is 3.48. The van der Waals surface area contributed by atoms with E-state index in [1.165, 1.54) is 0 Å². The van der Waals surface area contributed by atoms with E-state index < -0.39 is 0 Å². The van der Waals surface area contributed by atoms with Crippen LogP contribution in [0.4, 0.5) is 11.5 Å². The molecule has 0 aliphatic carbocycles. The highest BCUT2D eigenvalue weighted by Crippen LogP contribution is 2.29. The van der Waals surface area contributed by atoms with Gasteiger partial charge in [0.2, 0.25) is 0 Å². The molecular formula is C21H19BrN4. The number of nitrogens with one attached hydrogen (secondary N) is 1. The lowest BCUT2D eigenvalue weighted by Gasteiger charge is -2.13. The Hall–Kier alpha value is -2.66. The molecular weight excluding hydrogens is 388 g/mol. The lowest BCUT2D eigenvalue weighted by Crippen LogP contribution is -2.05. The zero-order chi connectivity index (χ0) is 18.1. The van der Waals surface area contributed by atoms with Crippen LogP contribution in [0.1, 0.15) is 25.5 Å². The third kappa shape index (κ3) is 3.22. The van der Waals surface area contributed by atoms with Crippen molar-refractivity contribution in [2.45, 2.75) is 19.8 Å². The van der Waals surface area contributed by atoms with Crippen LogP contribution >= 0.6 is 15.9 Å². The van der Waals surface area contributed by atoms with Gasteiger partial charge in [-0.1, -0.05) is 60.1 Å². The minimum atomic E-state index is 0.323. The van der Waals surface area contributed by atoms with Crippen LogP contribution in [-0.2, 0) is 0 Å². The summed E-state index contributed by atoms with van der Waals surface area (Å²) in [6, 6.07) is 20.4. The van der Waals surface area contributed by atoms with Gasteiger partial charge in [-0.25, -0.2) is 4.98 Å². The average molecular weight is 407 g/mol. The number of halogens is 1. The van der Waals surface area contributed by atoms with E-state index in [1.54, 1.807) is 0 Å². The number of aromatic nitrogens is 3. The number of nitrogens with zero attached hydrogens (tertiary/aromatic N) is 3. The molecule has 4 nitrogen and oxygen atoms in total. The van der Waals surface area contributed by atoms with Crippen LogP contribution in [0.15, 0.2) is 71.3 Å². The van der Waals surface area contributed by atoms with Crippen molar-refractivity contribution in [3.8, 4) is 11.1 Å². The van der Waals surface area contributed by atoms with Crippen molar-refractivity contribution in [2.24, 2.45) is 0 Å². The molecule has 4 aromatic rings. The number of fused-ring (bicyclic) bond motifs is 1. The van der Waals surface area contributed by atoms with Gasteiger partial charge in [-0.3, -0.25) is 0 Å². The molecule has 0 saturated carbocycles. The Kier molecular flexibility index (Phi) is 4.47. The van der Waals surface area contributed by atoms with Gasteiger partial charge in [-0.15, -0.1) is 0 Å². The first kappa shape index (κ1) is 16.8. The summed E-state index contributed by atoms with van der Waals surface area (Å²) in [5, 5.41) is 8.07. The maximum Gasteiger partial charge on any atom is 0.165 e. The quantitative estimate of drug-likeness (QED) is 0.450. The molecule has 0 aliphatic rings. The summed E-state index contributed by atoms with van der Waals surface area (Å²) in [4.78, 5) is 4.88. The lowest BCUT2D eigenvalue weighted by atomic mass is 10.1. The van der Waals surface area contributed by atoms with Gasteiger partial charge in [0, 0.05) is 27.5 Å². The fourth-order valence-electron chi connectivity index (χ4n) is 2.87. The van der Waals surface area contributed by atoms with Crippen molar-refractivity contribution < 1.29 is 0 Å². The topological polar surface area (TPSA) is 42.2 Å². The number of rotatable bonds is 4. The second-order valence-corrected chi connectivity index (χ2v) is 7.43. The molecule has 5 heteroatoms. The van der Waals surface area contributed by atoms with Crippen LogP contribution in [0.3, 0.4) is 0 Å². The maximum absolute atomic E-state index is 4.88. The third-order valence-corrected chi connectivity index (χ3v) is 4.81. The van der Waals surface area contributed by atoms with Crippen molar-refractivity contribution >= 4 is 33.1 Å². The molecule has 2 aromatic heterocycles. The maximum atomic E-state index is 4.88. The van der Waals surface area contributed by atoms with Crippen molar-refractivity contribution in [2.75, 3.05) is 5.32 Å². The molecule has 0 atom stereocenters. The van der Waals surface area contributed by atoms with Gasteiger partial charge in [0.05, 0.1) is 6.20 Å². The fourth-order valence-corrected chi connectivity index (χ4v) is 3.13. The summed E-state index contributed by atoms with van der Waals surface area (Å²) in [5.41, 5.74) is 5.06.